The van der Waals surface area contributed by atoms with Gasteiger partial charge in [-0.05, 0) is 23.8 Å². The van der Waals surface area contributed by atoms with E-state index in [1.54, 1.807) is 0 Å². The number of hydrogen-bond donors (Lipinski definition) is 0. The summed E-state index contributed by atoms with van der Waals surface area (Å²) < 4.78 is 6.03. The van der Waals surface area contributed by atoms with Gasteiger partial charge >= 0.3 is 0 Å². The van der Waals surface area contributed by atoms with E-state index >= 15 is 0 Å². The molecule has 1 aromatic carbocycles. The van der Waals surface area contributed by atoms with Crippen molar-refractivity contribution in [2.45, 2.75) is 19.4 Å². The smallest absolute Gasteiger partial charge is 0.128 e. The molecule has 2 aromatic rings. The molecule has 0 radical (unpaired) electrons. The van der Waals surface area contributed by atoms with Gasteiger partial charge < -0.3 is 4.74 Å². The predicted molar refractivity (Wildman–Crippen MR) is 68.1 cm³/mol. The largest absolute Gasteiger partial charge is 0.485 e. The molecule has 2 heteroatoms. The number of hydrogen-bond acceptors (Lipinski definition) is 1. The number of rotatable bonds is 1. The quantitative estimate of drug-likeness (QED) is 0.682. The van der Waals surface area contributed by atoms with Crippen molar-refractivity contribution < 1.29 is 4.74 Å². The van der Waals surface area contributed by atoms with E-state index in [0.717, 1.165) is 12.2 Å². The summed E-state index contributed by atoms with van der Waals surface area (Å²) >= 11 is 0. The second kappa shape index (κ2) is 3.92. The molecule has 0 N–H and O–H groups in total. The summed E-state index contributed by atoms with van der Waals surface area (Å²) in [6.45, 7) is 2.18. The summed E-state index contributed by atoms with van der Waals surface area (Å²) in [5, 5.41) is 1.41. The van der Waals surface area contributed by atoms with Crippen LogP contribution in [0.15, 0.2) is 42.2 Å². The van der Waals surface area contributed by atoms with Gasteiger partial charge in [-0.2, -0.15) is 0 Å². The van der Waals surface area contributed by atoms with E-state index in [4.69, 9.17) is 4.74 Å². The van der Waals surface area contributed by atoms with E-state index in [-0.39, 0.29) is 6.10 Å². The highest BCUT2D eigenvalue weighted by Crippen LogP contribution is 2.45. The Morgan fingerprint density at radius 2 is 1.94 bits per heavy atom. The van der Waals surface area contributed by atoms with Gasteiger partial charge in [-0.25, -0.2) is 0 Å². The molecule has 1 aliphatic heterocycles. The van der Waals surface area contributed by atoms with Crippen LogP contribution in [0.5, 0.6) is 5.75 Å². The van der Waals surface area contributed by atoms with Crippen LogP contribution in [-0.4, -0.2) is 0 Å². The summed E-state index contributed by atoms with van der Waals surface area (Å²) in [6.07, 6.45) is 1.27. The summed E-state index contributed by atoms with van der Waals surface area (Å²) in [7, 11) is 1.28. The lowest BCUT2D eigenvalue weighted by atomic mass is 9.99. The molecule has 1 aliphatic rings. The number of para-hydroxylation sites is 1. The SMILES string of the molecule is CCC1Oc2ccccc2-c2cccpc21. The first kappa shape index (κ1) is 9.86. The second-order valence-electron chi connectivity index (χ2n) is 3.95. The van der Waals surface area contributed by atoms with Crippen molar-refractivity contribution >= 4 is 8.19 Å². The standard InChI is InChI=1S/C14H13OP/c1-2-12-14-11(7-5-9-16-14)10-6-3-4-8-13(10)15-12/h3-9,12H,2H2,1H3. The predicted octanol–water partition coefficient (Wildman–Crippen LogP) is 4.78. The highest BCUT2D eigenvalue weighted by molar-refractivity contribution is 7.30. The molecular weight excluding hydrogens is 215 g/mol. The van der Waals surface area contributed by atoms with Gasteiger partial charge in [-0.15, -0.1) is 0 Å². The number of benzene rings is 1. The van der Waals surface area contributed by atoms with Crippen LogP contribution in [0.25, 0.3) is 11.1 Å². The third-order valence-corrected chi connectivity index (χ3v) is 4.09. The van der Waals surface area contributed by atoms with Crippen molar-refractivity contribution in [2.75, 3.05) is 0 Å². The molecule has 0 spiro atoms. The Kier molecular flexibility index (Phi) is 2.41. The summed E-state index contributed by atoms with van der Waals surface area (Å²) in [4.78, 5) is 0. The Labute approximate surface area is 97.2 Å². The Morgan fingerprint density at radius 3 is 2.81 bits per heavy atom. The highest BCUT2D eigenvalue weighted by Gasteiger charge is 2.23. The van der Waals surface area contributed by atoms with Crippen LogP contribution in [-0.2, 0) is 0 Å². The van der Waals surface area contributed by atoms with Crippen LogP contribution in [0, 0.1) is 0 Å². The molecule has 1 aromatic heterocycles. The summed E-state index contributed by atoms with van der Waals surface area (Å²) in [6, 6.07) is 12.6. The molecule has 0 amide bonds. The normalized spacial score (nSPS) is 17.7. The molecule has 0 fully saturated rings. The van der Waals surface area contributed by atoms with E-state index in [2.05, 4.69) is 43.1 Å². The Morgan fingerprint density at radius 1 is 1.12 bits per heavy atom. The number of fused-ring (bicyclic) bond motifs is 3. The fraction of sp³-hybridized carbons (Fsp3) is 0.214. The lowest BCUT2D eigenvalue weighted by Crippen LogP contribution is -2.11. The first-order valence-electron chi connectivity index (χ1n) is 5.61. The zero-order valence-electron chi connectivity index (χ0n) is 9.18. The van der Waals surface area contributed by atoms with Crippen LogP contribution >= 0.6 is 8.19 Å². The second-order valence-corrected chi connectivity index (χ2v) is 4.99. The third-order valence-electron chi connectivity index (χ3n) is 2.96. The maximum atomic E-state index is 6.03. The fourth-order valence-corrected chi connectivity index (χ4v) is 3.25. The molecule has 0 saturated carbocycles. The molecule has 16 heavy (non-hydrogen) atoms. The van der Waals surface area contributed by atoms with Crippen molar-refractivity contribution in [2.24, 2.45) is 0 Å². The Balaban J connectivity index is 2.24. The summed E-state index contributed by atoms with van der Waals surface area (Å²) in [5.74, 6) is 3.20. The van der Waals surface area contributed by atoms with Gasteiger partial charge in [-0.1, -0.05) is 45.4 Å². The molecule has 80 valence electrons. The van der Waals surface area contributed by atoms with Gasteiger partial charge in [0.25, 0.3) is 0 Å². The van der Waals surface area contributed by atoms with Crippen LogP contribution < -0.4 is 4.74 Å². The molecule has 0 aliphatic carbocycles. The van der Waals surface area contributed by atoms with Gasteiger partial charge in [0.2, 0.25) is 0 Å². The van der Waals surface area contributed by atoms with Crippen molar-refractivity contribution in [3.63, 3.8) is 0 Å². The van der Waals surface area contributed by atoms with E-state index in [1.165, 1.54) is 24.6 Å². The maximum absolute atomic E-state index is 6.03. The van der Waals surface area contributed by atoms with Crippen LogP contribution in [0.1, 0.15) is 24.7 Å². The minimum Gasteiger partial charge on any atom is -0.485 e. The van der Waals surface area contributed by atoms with E-state index in [1.807, 2.05) is 6.07 Å². The lowest BCUT2D eigenvalue weighted by molar-refractivity contribution is 0.202. The first-order chi connectivity index (χ1) is 7.90. The van der Waals surface area contributed by atoms with Crippen molar-refractivity contribution in [1.82, 2.24) is 0 Å². The maximum Gasteiger partial charge on any atom is 0.128 e. The van der Waals surface area contributed by atoms with Gasteiger partial charge in [0.1, 0.15) is 11.9 Å². The minimum atomic E-state index is 0.243. The van der Waals surface area contributed by atoms with Crippen molar-refractivity contribution in [3.8, 4) is 16.9 Å². The Hall–Kier alpha value is -1.33. The van der Waals surface area contributed by atoms with Gasteiger partial charge in [-0.3, -0.25) is 0 Å². The summed E-state index contributed by atoms with van der Waals surface area (Å²) in [5.41, 5.74) is 2.59. The van der Waals surface area contributed by atoms with Crippen molar-refractivity contribution in [3.05, 3.63) is 47.5 Å². The third kappa shape index (κ3) is 1.44. The number of ether oxygens (including phenoxy) is 1. The minimum absolute atomic E-state index is 0.243. The first-order valence-corrected chi connectivity index (χ1v) is 6.57. The van der Waals surface area contributed by atoms with E-state index < -0.39 is 0 Å². The molecule has 1 nitrogen and oxygen atoms in total. The van der Waals surface area contributed by atoms with Gasteiger partial charge in [0.05, 0.1) is 0 Å². The molecule has 0 saturated heterocycles. The zero-order valence-corrected chi connectivity index (χ0v) is 10.1. The molecular formula is C14H13OP. The molecule has 1 unspecified atom stereocenters. The average molecular weight is 228 g/mol. The monoisotopic (exact) mass is 228 g/mol. The van der Waals surface area contributed by atoms with Crippen molar-refractivity contribution in [1.29, 1.82) is 0 Å². The van der Waals surface area contributed by atoms with Gasteiger partial charge in [0, 0.05) is 10.9 Å². The van der Waals surface area contributed by atoms with Crippen LogP contribution in [0.4, 0.5) is 0 Å². The highest BCUT2D eigenvalue weighted by atomic mass is 31.0. The average Bonchev–Trinajstić information content (AvgIpc) is 2.38. The topological polar surface area (TPSA) is 9.23 Å². The molecule has 2 heterocycles. The fourth-order valence-electron chi connectivity index (χ4n) is 2.18. The zero-order chi connectivity index (χ0) is 11.0. The lowest BCUT2D eigenvalue weighted by Gasteiger charge is -2.27. The van der Waals surface area contributed by atoms with Crippen LogP contribution in [0.2, 0.25) is 0 Å². The van der Waals surface area contributed by atoms with Gasteiger partial charge in [0.15, 0.2) is 0 Å². The van der Waals surface area contributed by atoms with Crippen LogP contribution in [0.3, 0.4) is 0 Å². The van der Waals surface area contributed by atoms with E-state index in [9.17, 15) is 0 Å². The van der Waals surface area contributed by atoms with E-state index in [0.29, 0.717) is 0 Å². The molecule has 1 atom stereocenters. The molecule has 0 bridgehead atoms. The Bertz CT molecular complexity index is 522. The molecule has 3 rings (SSSR count).